The van der Waals surface area contributed by atoms with E-state index in [0.717, 1.165) is 31.2 Å². The van der Waals surface area contributed by atoms with Crippen molar-refractivity contribution in [1.82, 2.24) is 30.0 Å². The topological polar surface area (TPSA) is 110 Å². The Balaban J connectivity index is 1.38. The first-order valence-corrected chi connectivity index (χ1v) is 12.5. The van der Waals surface area contributed by atoms with Gasteiger partial charge < -0.3 is 13.7 Å². The number of amides is 1. The average Bonchev–Trinajstić information content (AvgIpc) is 3.68. The van der Waals surface area contributed by atoms with Crippen LogP contribution in [0, 0.1) is 6.92 Å². The third kappa shape index (κ3) is 4.01. The van der Waals surface area contributed by atoms with Crippen LogP contribution in [0.4, 0.5) is 0 Å². The fourth-order valence-electron chi connectivity index (χ4n) is 5.48. The normalized spacial score (nSPS) is 18.2. The van der Waals surface area contributed by atoms with E-state index in [4.69, 9.17) is 8.83 Å². The zero-order valence-corrected chi connectivity index (χ0v) is 20.2. The average molecular weight is 489 g/mol. The molecule has 36 heavy (non-hydrogen) atoms. The van der Waals surface area contributed by atoms with Gasteiger partial charge in [0.05, 0.1) is 23.3 Å². The second-order valence-electron chi connectivity index (χ2n) is 9.65. The van der Waals surface area contributed by atoms with Crippen LogP contribution in [0.1, 0.15) is 65.3 Å². The Kier molecular flexibility index (Phi) is 5.88. The number of fused-ring (bicyclic) bond motifs is 1. The standard InChI is InChI=1S/C26H28N6O4/c1-17-8-9-21-19(15-17)24(33)20(16-36-21)23(25-27-28-29-32(25)18-5-2-3-6-18)30-10-12-31(13-11-30)26(34)22-7-4-14-35-22/h4,7-9,14-16,18,23H,2-3,5-6,10-13H2,1H3/t23-/m0/s1. The lowest BCUT2D eigenvalue weighted by Crippen LogP contribution is -2.50. The van der Waals surface area contributed by atoms with E-state index in [9.17, 15) is 9.59 Å². The summed E-state index contributed by atoms with van der Waals surface area (Å²) in [5, 5.41) is 13.3. The summed E-state index contributed by atoms with van der Waals surface area (Å²) in [6.45, 7) is 4.07. The van der Waals surface area contributed by atoms with Crippen LogP contribution in [0.3, 0.4) is 0 Å². The van der Waals surface area contributed by atoms with Crippen molar-refractivity contribution in [1.29, 1.82) is 0 Å². The number of aryl methyl sites for hydroxylation is 1. The van der Waals surface area contributed by atoms with E-state index < -0.39 is 6.04 Å². The zero-order chi connectivity index (χ0) is 24.6. The first-order valence-electron chi connectivity index (χ1n) is 12.5. The van der Waals surface area contributed by atoms with Gasteiger partial charge in [0.15, 0.2) is 17.0 Å². The molecule has 1 aromatic carbocycles. The van der Waals surface area contributed by atoms with Crippen LogP contribution < -0.4 is 5.43 Å². The summed E-state index contributed by atoms with van der Waals surface area (Å²) in [5.41, 5.74) is 1.97. The van der Waals surface area contributed by atoms with Gasteiger partial charge in [0.2, 0.25) is 0 Å². The maximum Gasteiger partial charge on any atom is 0.289 e. The first-order chi connectivity index (χ1) is 17.6. The minimum absolute atomic E-state index is 0.0833. The van der Waals surface area contributed by atoms with Crippen molar-refractivity contribution in [3.05, 3.63) is 75.8 Å². The van der Waals surface area contributed by atoms with Crippen LogP contribution in [-0.4, -0.2) is 62.1 Å². The highest BCUT2D eigenvalue weighted by atomic mass is 16.3. The first kappa shape index (κ1) is 22.7. The quantitative estimate of drug-likeness (QED) is 0.421. The van der Waals surface area contributed by atoms with Crippen molar-refractivity contribution in [3.63, 3.8) is 0 Å². The largest absolute Gasteiger partial charge is 0.464 e. The molecule has 1 saturated heterocycles. The van der Waals surface area contributed by atoms with Gasteiger partial charge in [-0.1, -0.05) is 24.5 Å². The molecule has 1 atom stereocenters. The fraction of sp³-hybridized carbons (Fsp3) is 0.423. The fourth-order valence-corrected chi connectivity index (χ4v) is 5.48. The number of nitrogens with zero attached hydrogens (tertiary/aromatic N) is 6. The molecule has 186 valence electrons. The molecule has 3 aromatic heterocycles. The lowest BCUT2D eigenvalue weighted by atomic mass is 10.0. The molecule has 6 rings (SSSR count). The number of carbonyl (C=O) groups excluding carboxylic acids is 1. The third-order valence-corrected chi connectivity index (χ3v) is 7.38. The van der Waals surface area contributed by atoms with Crippen LogP contribution in [-0.2, 0) is 0 Å². The van der Waals surface area contributed by atoms with Crippen LogP contribution in [0.2, 0.25) is 0 Å². The van der Waals surface area contributed by atoms with Gasteiger partial charge in [-0.3, -0.25) is 14.5 Å². The Morgan fingerprint density at radius 3 is 2.64 bits per heavy atom. The predicted octanol–water partition coefficient (Wildman–Crippen LogP) is 3.34. The number of furan rings is 1. The highest BCUT2D eigenvalue weighted by Gasteiger charge is 2.36. The molecule has 0 unspecified atom stereocenters. The van der Waals surface area contributed by atoms with Crippen molar-refractivity contribution < 1.29 is 13.6 Å². The third-order valence-electron chi connectivity index (χ3n) is 7.38. The van der Waals surface area contributed by atoms with Gasteiger partial charge in [-0.2, -0.15) is 0 Å². The summed E-state index contributed by atoms with van der Waals surface area (Å²) in [4.78, 5) is 30.5. The summed E-state index contributed by atoms with van der Waals surface area (Å²) in [6.07, 6.45) is 7.37. The highest BCUT2D eigenvalue weighted by molar-refractivity contribution is 5.91. The molecule has 0 spiro atoms. The number of benzene rings is 1. The lowest BCUT2D eigenvalue weighted by molar-refractivity contribution is 0.0556. The van der Waals surface area contributed by atoms with Crippen LogP contribution in [0.25, 0.3) is 11.0 Å². The number of aromatic nitrogens is 4. The Morgan fingerprint density at radius 1 is 1.08 bits per heavy atom. The van der Waals surface area contributed by atoms with E-state index in [0.29, 0.717) is 54.3 Å². The summed E-state index contributed by atoms with van der Waals surface area (Å²) in [5.74, 6) is 0.843. The summed E-state index contributed by atoms with van der Waals surface area (Å²) in [6, 6.07) is 8.74. The van der Waals surface area contributed by atoms with Crippen molar-refractivity contribution in [2.24, 2.45) is 0 Å². The molecule has 0 radical (unpaired) electrons. The second-order valence-corrected chi connectivity index (χ2v) is 9.65. The van der Waals surface area contributed by atoms with E-state index in [1.807, 2.05) is 29.8 Å². The number of tetrazole rings is 1. The molecule has 2 fully saturated rings. The highest BCUT2D eigenvalue weighted by Crippen LogP contribution is 2.34. The van der Waals surface area contributed by atoms with Gasteiger partial charge in [-0.15, -0.1) is 5.10 Å². The molecule has 1 aliphatic heterocycles. The molecule has 4 heterocycles. The summed E-state index contributed by atoms with van der Waals surface area (Å²) >= 11 is 0. The van der Waals surface area contributed by atoms with E-state index in [2.05, 4.69) is 20.4 Å². The molecular weight excluding hydrogens is 460 g/mol. The smallest absolute Gasteiger partial charge is 0.289 e. The van der Waals surface area contributed by atoms with Gasteiger partial charge >= 0.3 is 0 Å². The van der Waals surface area contributed by atoms with Gasteiger partial charge in [0.25, 0.3) is 5.91 Å². The molecule has 4 aromatic rings. The monoisotopic (exact) mass is 488 g/mol. The van der Waals surface area contributed by atoms with Gasteiger partial charge in [0.1, 0.15) is 17.9 Å². The molecule has 10 heteroatoms. The van der Waals surface area contributed by atoms with Crippen molar-refractivity contribution in [3.8, 4) is 0 Å². The molecule has 1 amide bonds. The molecule has 0 bridgehead atoms. The van der Waals surface area contributed by atoms with Gasteiger partial charge in [-0.25, -0.2) is 4.68 Å². The van der Waals surface area contributed by atoms with E-state index in [1.165, 1.54) is 6.26 Å². The molecule has 1 aliphatic carbocycles. The Labute approximate surface area is 207 Å². The molecule has 2 aliphatic rings. The predicted molar refractivity (Wildman–Crippen MR) is 131 cm³/mol. The molecular formula is C26H28N6O4. The van der Waals surface area contributed by atoms with Crippen LogP contribution >= 0.6 is 0 Å². The Bertz CT molecular complexity index is 1430. The lowest BCUT2D eigenvalue weighted by Gasteiger charge is -2.38. The Morgan fingerprint density at radius 2 is 1.89 bits per heavy atom. The van der Waals surface area contributed by atoms with E-state index in [-0.39, 0.29) is 17.4 Å². The maximum atomic E-state index is 13.8. The maximum absolute atomic E-state index is 13.8. The number of hydrogen-bond acceptors (Lipinski definition) is 8. The van der Waals surface area contributed by atoms with Crippen molar-refractivity contribution in [2.75, 3.05) is 26.2 Å². The summed E-state index contributed by atoms with van der Waals surface area (Å²) < 4.78 is 13.1. The number of carbonyl (C=O) groups is 1. The second kappa shape index (κ2) is 9.34. The van der Waals surface area contributed by atoms with Gasteiger partial charge in [0, 0.05) is 26.2 Å². The molecule has 10 nitrogen and oxygen atoms in total. The van der Waals surface area contributed by atoms with Crippen molar-refractivity contribution in [2.45, 2.75) is 44.7 Å². The van der Waals surface area contributed by atoms with E-state index >= 15 is 0 Å². The Hall–Kier alpha value is -3.79. The molecule has 1 saturated carbocycles. The minimum Gasteiger partial charge on any atom is -0.464 e. The zero-order valence-electron chi connectivity index (χ0n) is 20.2. The number of hydrogen-bond donors (Lipinski definition) is 0. The van der Waals surface area contributed by atoms with Crippen molar-refractivity contribution >= 4 is 16.9 Å². The number of rotatable bonds is 5. The van der Waals surface area contributed by atoms with E-state index in [1.54, 1.807) is 23.3 Å². The SMILES string of the molecule is Cc1ccc2occ([C@@H](c3nnnn3C3CCCC3)N3CCN(C(=O)c4ccco4)CC3)c(=O)c2c1. The summed E-state index contributed by atoms with van der Waals surface area (Å²) in [7, 11) is 0. The number of piperazine rings is 1. The van der Waals surface area contributed by atoms with Gasteiger partial charge in [-0.05, 0) is 54.5 Å². The van der Waals surface area contributed by atoms with Crippen LogP contribution in [0.15, 0.2) is 56.5 Å². The van der Waals surface area contributed by atoms with Crippen LogP contribution in [0.5, 0.6) is 0 Å². The minimum atomic E-state index is -0.484. The molecule has 0 N–H and O–H groups in total.